The minimum atomic E-state index is -0.283. The molecular formula is C21H26FN3O2. The van der Waals surface area contributed by atoms with Crippen molar-refractivity contribution in [1.29, 1.82) is 0 Å². The summed E-state index contributed by atoms with van der Waals surface area (Å²) in [7, 11) is 0. The largest absolute Gasteiger partial charge is 0.369 e. The van der Waals surface area contributed by atoms with E-state index < -0.39 is 0 Å². The Morgan fingerprint density at radius 2 is 2.04 bits per heavy atom. The molecule has 1 saturated heterocycles. The Hall–Kier alpha value is -2.31. The number of carbonyl (C=O) groups is 1. The van der Waals surface area contributed by atoms with Gasteiger partial charge in [-0.05, 0) is 38.1 Å². The number of amides is 1. The topological polar surface area (TPSA) is 45.7 Å². The Bertz CT molecular complexity index is 780. The number of nitrogens with zero attached hydrogens (tertiary/aromatic N) is 3. The first-order chi connectivity index (χ1) is 13.1. The van der Waals surface area contributed by atoms with Gasteiger partial charge in [0, 0.05) is 31.7 Å². The summed E-state index contributed by atoms with van der Waals surface area (Å²) in [4.78, 5) is 21.0. The molecular weight excluding hydrogens is 345 g/mol. The minimum absolute atomic E-state index is 0.141. The number of carbonyl (C=O) groups excluding carboxylic acids is 1. The maximum Gasteiger partial charge on any atom is 0.236 e. The van der Waals surface area contributed by atoms with E-state index in [0.717, 1.165) is 30.9 Å². The lowest BCUT2D eigenvalue weighted by atomic mass is 10.1. The van der Waals surface area contributed by atoms with Crippen LogP contribution in [0, 0.1) is 5.82 Å². The molecule has 1 aliphatic heterocycles. The molecule has 0 saturated carbocycles. The lowest BCUT2D eigenvalue weighted by molar-refractivity contribution is -0.134. The highest BCUT2D eigenvalue weighted by Crippen LogP contribution is 2.24. The summed E-state index contributed by atoms with van der Waals surface area (Å²) in [5, 5.41) is 0. The van der Waals surface area contributed by atoms with E-state index in [-0.39, 0.29) is 17.8 Å². The number of pyridine rings is 1. The standard InChI is InChI=1S/C21H26FN3O2/c1-3-25(4-2)21(26)15-24-11-12-27-20(14-24)19-10-6-9-18(23-19)16-7-5-8-17(22)13-16/h5-10,13,20H,3-4,11-12,14-15H2,1-2H3. The molecule has 1 aromatic carbocycles. The molecule has 27 heavy (non-hydrogen) atoms. The Morgan fingerprint density at radius 3 is 2.78 bits per heavy atom. The molecule has 0 spiro atoms. The molecule has 0 N–H and O–H groups in total. The Balaban J connectivity index is 1.71. The second kappa shape index (κ2) is 9.06. The number of morpholine rings is 1. The number of ether oxygens (including phenoxy) is 1. The van der Waals surface area contributed by atoms with Crippen LogP contribution < -0.4 is 0 Å². The third-order valence-corrected chi connectivity index (χ3v) is 4.85. The summed E-state index contributed by atoms with van der Waals surface area (Å²) in [6.45, 7) is 7.73. The van der Waals surface area contributed by atoms with E-state index in [9.17, 15) is 9.18 Å². The number of halogens is 1. The molecule has 1 fully saturated rings. The van der Waals surface area contributed by atoms with E-state index in [0.29, 0.717) is 25.4 Å². The van der Waals surface area contributed by atoms with Crippen LogP contribution >= 0.6 is 0 Å². The molecule has 5 nitrogen and oxygen atoms in total. The fourth-order valence-electron chi connectivity index (χ4n) is 3.33. The molecule has 1 aromatic heterocycles. The van der Waals surface area contributed by atoms with Crippen LogP contribution in [0.3, 0.4) is 0 Å². The van der Waals surface area contributed by atoms with Crippen LogP contribution in [0.1, 0.15) is 25.6 Å². The second-order valence-electron chi connectivity index (χ2n) is 6.62. The third-order valence-electron chi connectivity index (χ3n) is 4.85. The van der Waals surface area contributed by atoms with Gasteiger partial charge in [0.05, 0.1) is 24.5 Å². The van der Waals surface area contributed by atoms with Gasteiger partial charge >= 0.3 is 0 Å². The van der Waals surface area contributed by atoms with E-state index in [4.69, 9.17) is 4.74 Å². The minimum Gasteiger partial charge on any atom is -0.369 e. The Kier molecular flexibility index (Phi) is 6.53. The van der Waals surface area contributed by atoms with Gasteiger partial charge in [-0.1, -0.05) is 18.2 Å². The first kappa shape index (κ1) is 19.5. The summed E-state index contributed by atoms with van der Waals surface area (Å²) in [5.41, 5.74) is 2.25. The number of likely N-dealkylation sites (N-methyl/N-ethyl adjacent to an activating group) is 1. The van der Waals surface area contributed by atoms with Crippen molar-refractivity contribution in [2.24, 2.45) is 0 Å². The molecule has 6 heteroatoms. The SMILES string of the molecule is CCN(CC)C(=O)CN1CCOC(c2cccc(-c3cccc(F)c3)n2)C1. The Labute approximate surface area is 159 Å². The predicted octanol–water partition coefficient (Wildman–Crippen LogP) is 3.13. The smallest absolute Gasteiger partial charge is 0.236 e. The fourth-order valence-corrected chi connectivity index (χ4v) is 3.33. The molecule has 0 aliphatic carbocycles. The first-order valence-corrected chi connectivity index (χ1v) is 9.45. The highest BCUT2D eigenvalue weighted by Gasteiger charge is 2.25. The molecule has 3 rings (SSSR count). The lowest BCUT2D eigenvalue weighted by Crippen LogP contribution is -2.45. The van der Waals surface area contributed by atoms with Crippen molar-refractivity contribution in [1.82, 2.24) is 14.8 Å². The molecule has 2 heterocycles. The van der Waals surface area contributed by atoms with Gasteiger partial charge in [-0.15, -0.1) is 0 Å². The highest BCUT2D eigenvalue weighted by atomic mass is 19.1. The number of benzene rings is 1. The summed E-state index contributed by atoms with van der Waals surface area (Å²) < 4.78 is 19.4. The highest BCUT2D eigenvalue weighted by molar-refractivity contribution is 5.78. The molecule has 1 atom stereocenters. The number of hydrogen-bond donors (Lipinski definition) is 0. The van der Waals surface area contributed by atoms with Gasteiger partial charge in [0.25, 0.3) is 0 Å². The zero-order valence-electron chi connectivity index (χ0n) is 15.9. The normalized spacial score (nSPS) is 17.7. The van der Waals surface area contributed by atoms with Gasteiger partial charge in [-0.3, -0.25) is 14.7 Å². The zero-order chi connectivity index (χ0) is 19.2. The molecule has 1 amide bonds. The van der Waals surface area contributed by atoms with Crippen molar-refractivity contribution >= 4 is 5.91 Å². The summed E-state index contributed by atoms with van der Waals surface area (Å²) >= 11 is 0. The monoisotopic (exact) mass is 371 g/mol. The van der Waals surface area contributed by atoms with Gasteiger partial charge in [-0.2, -0.15) is 0 Å². The first-order valence-electron chi connectivity index (χ1n) is 9.45. The van der Waals surface area contributed by atoms with Crippen LogP contribution in [0.5, 0.6) is 0 Å². The van der Waals surface area contributed by atoms with Gasteiger partial charge in [-0.25, -0.2) is 4.39 Å². The van der Waals surface area contributed by atoms with Gasteiger partial charge in [0.1, 0.15) is 11.9 Å². The summed E-state index contributed by atoms with van der Waals surface area (Å²) in [6, 6.07) is 12.1. The van der Waals surface area contributed by atoms with E-state index in [1.807, 2.05) is 43.0 Å². The summed E-state index contributed by atoms with van der Waals surface area (Å²) in [6.07, 6.45) is -0.197. The summed E-state index contributed by atoms with van der Waals surface area (Å²) in [5.74, 6) is -0.142. The van der Waals surface area contributed by atoms with E-state index in [1.165, 1.54) is 12.1 Å². The maximum atomic E-state index is 13.5. The quantitative estimate of drug-likeness (QED) is 0.783. The average Bonchev–Trinajstić information content (AvgIpc) is 2.69. The van der Waals surface area contributed by atoms with Gasteiger partial charge in [0.2, 0.25) is 5.91 Å². The maximum absolute atomic E-state index is 13.5. The van der Waals surface area contributed by atoms with Crippen molar-refractivity contribution in [2.45, 2.75) is 20.0 Å². The van der Waals surface area contributed by atoms with Gasteiger partial charge in [0.15, 0.2) is 0 Å². The Morgan fingerprint density at radius 1 is 1.26 bits per heavy atom. The third kappa shape index (κ3) is 4.90. The fraction of sp³-hybridized carbons (Fsp3) is 0.429. The van der Waals surface area contributed by atoms with Gasteiger partial charge < -0.3 is 9.64 Å². The van der Waals surface area contributed by atoms with Crippen LogP contribution in [-0.4, -0.2) is 60.0 Å². The molecule has 2 aromatic rings. The van der Waals surface area contributed by atoms with Crippen LogP contribution in [0.25, 0.3) is 11.3 Å². The molecule has 0 bridgehead atoms. The van der Waals surface area contributed by atoms with Crippen LogP contribution in [0.15, 0.2) is 42.5 Å². The van der Waals surface area contributed by atoms with Crippen molar-refractivity contribution in [3.8, 4) is 11.3 Å². The van der Waals surface area contributed by atoms with Crippen molar-refractivity contribution < 1.29 is 13.9 Å². The lowest BCUT2D eigenvalue weighted by Gasteiger charge is -2.33. The van der Waals surface area contributed by atoms with Crippen molar-refractivity contribution in [3.63, 3.8) is 0 Å². The molecule has 1 unspecified atom stereocenters. The van der Waals surface area contributed by atoms with Crippen LogP contribution in [0.2, 0.25) is 0 Å². The number of hydrogen-bond acceptors (Lipinski definition) is 4. The second-order valence-corrected chi connectivity index (χ2v) is 6.62. The van der Waals surface area contributed by atoms with Crippen LogP contribution in [-0.2, 0) is 9.53 Å². The molecule has 1 aliphatic rings. The average molecular weight is 371 g/mol. The molecule has 0 radical (unpaired) electrons. The number of aromatic nitrogens is 1. The van der Waals surface area contributed by atoms with Crippen molar-refractivity contribution in [2.75, 3.05) is 39.3 Å². The van der Waals surface area contributed by atoms with E-state index >= 15 is 0 Å². The van der Waals surface area contributed by atoms with E-state index in [2.05, 4.69) is 9.88 Å². The van der Waals surface area contributed by atoms with Crippen LogP contribution in [0.4, 0.5) is 4.39 Å². The molecule has 144 valence electrons. The van der Waals surface area contributed by atoms with E-state index in [1.54, 1.807) is 6.07 Å². The van der Waals surface area contributed by atoms with Crippen molar-refractivity contribution in [3.05, 3.63) is 54.0 Å². The zero-order valence-corrected chi connectivity index (χ0v) is 15.9. The number of rotatable bonds is 6. The predicted molar refractivity (Wildman–Crippen MR) is 103 cm³/mol.